The summed E-state index contributed by atoms with van der Waals surface area (Å²) in [6, 6.07) is 4.00. The summed E-state index contributed by atoms with van der Waals surface area (Å²) in [5, 5.41) is 6.25. The van der Waals surface area contributed by atoms with Crippen LogP contribution < -0.4 is 16.4 Å². The van der Waals surface area contributed by atoms with Gasteiger partial charge in [0.15, 0.2) is 0 Å². The normalized spacial score (nSPS) is 12.5. The van der Waals surface area contributed by atoms with E-state index in [9.17, 15) is 0 Å². The van der Waals surface area contributed by atoms with Gasteiger partial charge in [0.25, 0.3) is 0 Å². The number of aromatic nitrogens is 1. The highest BCUT2D eigenvalue weighted by Crippen LogP contribution is 2.10. The zero-order valence-electron chi connectivity index (χ0n) is 8.75. The van der Waals surface area contributed by atoms with E-state index in [0.29, 0.717) is 0 Å². The molecule has 0 aliphatic carbocycles. The van der Waals surface area contributed by atoms with Crippen molar-refractivity contribution in [1.29, 1.82) is 0 Å². The first-order valence-corrected chi connectivity index (χ1v) is 4.84. The molecule has 4 nitrogen and oxygen atoms in total. The minimum Gasteiger partial charge on any atom is -0.369 e. The Labute approximate surface area is 84.9 Å². The van der Waals surface area contributed by atoms with Gasteiger partial charge >= 0.3 is 0 Å². The van der Waals surface area contributed by atoms with Crippen LogP contribution in [-0.2, 0) is 0 Å². The zero-order valence-corrected chi connectivity index (χ0v) is 8.75. The Morgan fingerprint density at radius 3 is 2.71 bits per heavy atom. The van der Waals surface area contributed by atoms with Gasteiger partial charge < -0.3 is 16.4 Å². The Morgan fingerprint density at radius 2 is 2.21 bits per heavy atom. The third-order valence-electron chi connectivity index (χ3n) is 1.99. The largest absolute Gasteiger partial charge is 0.369 e. The fourth-order valence-corrected chi connectivity index (χ4v) is 1.09. The summed E-state index contributed by atoms with van der Waals surface area (Å²) >= 11 is 0. The van der Waals surface area contributed by atoms with E-state index in [0.717, 1.165) is 24.5 Å². The standard InChI is InChI=1S/C10H18N4/c1-8(11)9-3-4-10(14-7-9)13-6-5-12-2/h3-4,7-8,12H,5-6,11H2,1-2H3,(H,13,14). The Bertz CT molecular complexity index is 255. The molecule has 0 bridgehead atoms. The SMILES string of the molecule is CNCCNc1ccc(C(C)N)cn1. The molecule has 1 atom stereocenters. The number of anilines is 1. The van der Waals surface area contributed by atoms with Crippen LogP contribution in [0, 0.1) is 0 Å². The van der Waals surface area contributed by atoms with E-state index in [4.69, 9.17) is 5.73 Å². The number of likely N-dealkylation sites (N-methyl/N-ethyl adjacent to an activating group) is 1. The predicted octanol–water partition coefficient (Wildman–Crippen LogP) is 0.733. The minimum atomic E-state index is 0.0499. The lowest BCUT2D eigenvalue weighted by Gasteiger charge is -2.07. The highest BCUT2D eigenvalue weighted by molar-refractivity contribution is 5.35. The average molecular weight is 194 g/mol. The number of rotatable bonds is 5. The smallest absolute Gasteiger partial charge is 0.125 e. The molecule has 14 heavy (non-hydrogen) atoms. The first kappa shape index (κ1) is 10.9. The highest BCUT2D eigenvalue weighted by Gasteiger charge is 1.99. The Balaban J connectivity index is 2.47. The van der Waals surface area contributed by atoms with Crippen LogP contribution in [0.1, 0.15) is 18.5 Å². The molecule has 4 N–H and O–H groups in total. The van der Waals surface area contributed by atoms with Crippen LogP contribution in [0.4, 0.5) is 5.82 Å². The monoisotopic (exact) mass is 194 g/mol. The number of nitrogens with one attached hydrogen (secondary N) is 2. The molecule has 0 spiro atoms. The summed E-state index contributed by atoms with van der Waals surface area (Å²) in [6.07, 6.45) is 1.81. The topological polar surface area (TPSA) is 63.0 Å². The first-order valence-electron chi connectivity index (χ1n) is 4.84. The van der Waals surface area contributed by atoms with E-state index in [-0.39, 0.29) is 6.04 Å². The third-order valence-corrected chi connectivity index (χ3v) is 1.99. The molecular weight excluding hydrogens is 176 g/mol. The molecule has 0 aromatic carbocycles. The van der Waals surface area contributed by atoms with Crippen molar-refractivity contribution in [3.05, 3.63) is 23.9 Å². The Kier molecular flexibility index (Phi) is 4.35. The number of pyridine rings is 1. The predicted molar refractivity (Wildman–Crippen MR) is 59.3 cm³/mol. The maximum absolute atomic E-state index is 5.72. The molecule has 1 rings (SSSR count). The Morgan fingerprint density at radius 1 is 1.43 bits per heavy atom. The van der Waals surface area contributed by atoms with Gasteiger partial charge in [-0.25, -0.2) is 4.98 Å². The number of nitrogens with two attached hydrogens (primary N) is 1. The van der Waals surface area contributed by atoms with E-state index < -0.39 is 0 Å². The maximum atomic E-state index is 5.72. The second kappa shape index (κ2) is 5.57. The zero-order chi connectivity index (χ0) is 10.4. The first-order chi connectivity index (χ1) is 6.74. The van der Waals surface area contributed by atoms with Gasteiger partial charge in [0.1, 0.15) is 5.82 Å². The molecular formula is C10H18N4. The second-order valence-corrected chi connectivity index (χ2v) is 3.30. The minimum absolute atomic E-state index is 0.0499. The van der Waals surface area contributed by atoms with Crippen LogP contribution in [0.2, 0.25) is 0 Å². The van der Waals surface area contributed by atoms with Crippen LogP contribution in [0.3, 0.4) is 0 Å². The van der Waals surface area contributed by atoms with Crippen molar-refractivity contribution < 1.29 is 0 Å². The number of nitrogens with zero attached hydrogens (tertiary/aromatic N) is 1. The van der Waals surface area contributed by atoms with Crippen LogP contribution in [0.5, 0.6) is 0 Å². The van der Waals surface area contributed by atoms with Gasteiger partial charge in [-0.15, -0.1) is 0 Å². The van der Waals surface area contributed by atoms with Crippen molar-refractivity contribution in [3.8, 4) is 0 Å². The van der Waals surface area contributed by atoms with Gasteiger partial charge in [-0.2, -0.15) is 0 Å². The van der Waals surface area contributed by atoms with Gasteiger partial charge in [-0.3, -0.25) is 0 Å². The lowest BCUT2D eigenvalue weighted by molar-refractivity contribution is 0.807. The van der Waals surface area contributed by atoms with E-state index in [2.05, 4.69) is 15.6 Å². The summed E-state index contributed by atoms with van der Waals surface area (Å²) in [4.78, 5) is 4.25. The van der Waals surface area contributed by atoms with E-state index in [1.54, 1.807) is 0 Å². The molecule has 78 valence electrons. The molecule has 0 aliphatic rings. The third kappa shape index (κ3) is 3.32. The average Bonchev–Trinajstić information content (AvgIpc) is 2.19. The quantitative estimate of drug-likeness (QED) is 0.605. The summed E-state index contributed by atoms with van der Waals surface area (Å²) in [7, 11) is 1.92. The van der Waals surface area contributed by atoms with E-state index in [1.165, 1.54) is 0 Å². The second-order valence-electron chi connectivity index (χ2n) is 3.30. The summed E-state index contributed by atoms with van der Waals surface area (Å²) in [5.41, 5.74) is 6.77. The highest BCUT2D eigenvalue weighted by atomic mass is 15.0. The molecule has 1 unspecified atom stereocenters. The molecule has 4 heteroatoms. The van der Waals surface area contributed by atoms with Gasteiger partial charge in [0, 0.05) is 25.3 Å². The van der Waals surface area contributed by atoms with Gasteiger partial charge in [-0.05, 0) is 25.6 Å². The lowest BCUT2D eigenvalue weighted by atomic mass is 10.2. The molecule has 1 heterocycles. The van der Waals surface area contributed by atoms with Gasteiger partial charge in [0.2, 0.25) is 0 Å². The van der Waals surface area contributed by atoms with Crippen molar-refractivity contribution in [3.63, 3.8) is 0 Å². The Hall–Kier alpha value is -1.13. The van der Waals surface area contributed by atoms with Gasteiger partial charge in [-0.1, -0.05) is 6.07 Å². The lowest BCUT2D eigenvalue weighted by Crippen LogP contribution is -2.18. The molecule has 0 aliphatic heterocycles. The number of hydrogen-bond acceptors (Lipinski definition) is 4. The van der Waals surface area contributed by atoms with Crippen molar-refractivity contribution >= 4 is 5.82 Å². The molecule has 0 saturated heterocycles. The molecule has 0 amide bonds. The number of hydrogen-bond donors (Lipinski definition) is 3. The van der Waals surface area contributed by atoms with E-state index >= 15 is 0 Å². The van der Waals surface area contributed by atoms with Crippen molar-refractivity contribution in [2.45, 2.75) is 13.0 Å². The summed E-state index contributed by atoms with van der Waals surface area (Å²) in [5.74, 6) is 0.893. The molecule has 1 aromatic heterocycles. The molecule has 1 aromatic rings. The molecule has 0 radical (unpaired) electrons. The van der Waals surface area contributed by atoms with Crippen LogP contribution in [0.25, 0.3) is 0 Å². The van der Waals surface area contributed by atoms with Gasteiger partial charge in [0.05, 0.1) is 0 Å². The summed E-state index contributed by atoms with van der Waals surface area (Å²) in [6.45, 7) is 3.75. The molecule has 0 saturated carbocycles. The van der Waals surface area contributed by atoms with Crippen molar-refractivity contribution in [1.82, 2.24) is 10.3 Å². The maximum Gasteiger partial charge on any atom is 0.125 e. The van der Waals surface area contributed by atoms with Crippen molar-refractivity contribution in [2.75, 3.05) is 25.5 Å². The van der Waals surface area contributed by atoms with Crippen LogP contribution >= 0.6 is 0 Å². The van der Waals surface area contributed by atoms with Crippen LogP contribution in [0.15, 0.2) is 18.3 Å². The van der Waals surface area contributed by atoms with Crippen LogP contribution in [-0.4, -0.2) is 25.1 Å². The fraction of sp³-hybridized carbons (Fsp3) is 0.500. The summed E-state index contributed by atoms with van der Waals surface area (Å²) < 4.78 is 0. The molecule has 0 fully saturated rings. The van der Waals surface area contributed by atoms with Crippen molar-refractivity contribution in [2.24, 2.45) is 5.73 Å². The van der Waals surface area contributed by atoms with E-state index in [1.807, 2.05) is 32.3 Å². The fourth-order valence-electron chi connectivity index (χ4n) is 1.09.